The number of piperidine rings is 1. The Morgan fingerprint density at radius 3 is 3.04 bits per heavy atom. The smallest absolute Gasteiger partial charge is 0.252 e. The summed E-state index contributed by atoms with van der Waals surface area (Å²) in [5.74, 6) is 0.809. The van der Waals surface area contributed by atoms with Crippen LogP contribution in [-0.2, 0) is 5.75 Å². The highest BCUT2D eigenvalue weighted by Crippen LogP contribution is 2.27. The lowest BCUT2D eigenvalue weighted by Gasteiger charge is -2.30. The number of amides is 1. The van der Waals surface area contributed by atoms with Gasteiger partial charge in [-0.3, -0.25) is 4.79 Å². The molecule has 1 aliphatic rings. The van der Waals surface area contributed by atoms with E-state index in [-0.39, 0.29) is 11.9 Å². The number of aryl methyl sites for hydroxylation is 1. The lowest BCUT2D eigenvalue weighted by Crippen LogP contribution is -2.51. The van der Waals surface area contributed by atoms with Crippen molar-refractivity contribution in [1.29, 1.82) is 0 Å². The summed E-state index contributed by atoms with van der Waals surface area (Å²) in [6, 6.07) is 8.35. The highest BCUT2D eigenvalue weighted by Gasteiger charge is 2.23. The van der Waals surface area contributed by atoms with Crippen molar-refractivity contribution >= 4 is 29.0 Å². The van der Waals surface area contributed by atoms with E-state index in [0.717, 1.165) is 46.3 Å². The minimum atomic E-state index is 0.0214. The fourth-order valence-corrected chi connectivity index (χ4v) is 4.55. The van der Waals surface area contributed by atoms with Gasteiger partial charge in [-0.2, -0.15) is 0 Å². The largest absolute Gasteiger partial charge is 0.348 e. The first-order valence-electron chi connectivity index (χ1n) is 8.30. The van der Waals surface area contributed by atoms with Crippen molar-refractivity contribution in [3.8, 4) is 0 Å². The van der Waals surface area contributed by atoms with Crippen molar-refractivity contribution in [2.75, 3.05) is 6.54 Å². The summed E-state index contributed by atoms with van der Waals surface area (Å²) in [6.07, 6.45) is 2.14. The van der Waals surface area contributed by atoms with Gasteiger partial charge >= 0.3 is 0 Å². The highest BCUT2D eigenvalue weighted by molar-refractivity contribution is 7.98. The van der Waals surface area contributed by atoms with Gasteiger partial charge in [0.25, 0.3) is 5.91 Å². The van der Waals surface area contributed by atoms with Gasteiger partial charge < -0.3 is 10.6 Å². The maximum atomic E-state index is 12.7. The number of thioether (sulfide) groups is 1. The van der Waals surface area contributed by atoms with Crippen LogP contribution in [0.2, 0.25) is 0 Å². The zero-order chi connectivity index (χ0) is 16.9. The SMILES string of the molecule is Cc1nc(CSc2ccccc2C(=O)NC2CCCNC2C)cs1. The average Bonchev–Trinajstić information content (AvgIpc) is 3.01. The predicted octanol–water partition coefficient (Wildman–Crippen LogP) is 3.61. The van der Waals surface area contributed by atoms with E-state index < -0.39 is 0 Å². The van der Waals surface area contributed by atoms with E-state index in [4.69, 9.17) is 0 Å². The number of benzene rings is 1. The van der Waals surface area contributed by atoms with Crippen LogP contribution in [0.3, 0.4) is 0 Å². The van der Waals surface area contributed by atoms with E-state index in [9.17, 15) is 4.79 Å². The molecule has 1 aromatic carbocycles. The Labute approximate surface area is 151 Å². The van der Waals surface area contributed by atoms with Crippen LogP contribution in [0.15, 0.2) is 34.5 Å². The molecule has 2 unspecified atom stereocenters. The van der Waals surface area contributed by atoms with Crippen LogP contribution in [-0.4, -0.2) is 29.5 Å². The standard InChI is InChI=1S/C18H23N3OS2/c1-12-16(7-5-9-19-12)21-18(22)15-6-3-4-8-17(15)24-11-14-10-23-13(2)20-14/h3-4,6,8,10,12,16,19H,5,7,9,11H2,1-2H3,(H,21,22). The van der Waals surface area contributed by atoms with Crippen LogP contribution in [0.5, 0.6) is 0 Å². The molecule has 3 rings (SSSR count). The number of thiazole rings is 1. The molecule has 2 N–H and O–H groups in total. The molecular weight excluding hydrogens is 338 g/mol. The van der Waals surface area contributed by atoms with Crippen molar-refractivity contribution < 1.29 is 4.79 Å². The lowest BCUT2D eigenvalue weighted by atomic mass is 9.99. The topological polar surface area (TPSA) is 54.0 Å². The number of carbonyl (C=O) groups excluding carboxylic acids is 1. The van der Waals surface area contributed by atoms with Gasteiger partial charge in [-0.1, -0.05) is 12.1 Å². The normalized spacial score (nSPS) is 20.8. The molecule has 2 heterocycles. The molecular formula is C18H23N3OS2. The van der Waals surface area contributed by atoms with Gasteiger partial charge in [0.2, 0.25) is 0 Å². The fraction of sp³-hybridized carbons (Fsp3) is 0.444. The molecule has 1 aromatic heterocycles. The molecule has 0 saturated carbocycles. The second-order valence-electron chi connectivity index (χ2n) is 6.11. The van der Waals surface area contributed by atoms with Crippen molar-refractivity contribution in [1.82, 2.24) is 15.6 Å². The summed E-state index contributed by atoms with van der Waals surface area (Å²) in [4.78, 5) is 18.2. The molecule has 0 spiro atoms. The summed E-state index contributed by atoms with van der Waals surface area (Å²) in [5.41, 5.74) is 1.83. The minimum absolute atomic E-state index is 0.0214. The molecule has 0 bridgehead atoms. The number of hydrogen-bond donors (Lipinski definition) is 2. The van der Waals surface area contributed by atoms with E-state index in [2.05, 4.69) is 27.9 Å². The van der Waals surface area contributed by atoms with Gasteiger partial charge in [0.05, 0.1) is 16.3 Å². The zero-order valence-corrected chi connectivity index (χ0v) is 15.7. The second kappa shape index (κ2) is 8.14. The van der Waals surface area contributed by atoms with Crippen molar-refractivity contribution in [2.45, 2.75) is 49.4 Å². The number of rotatable bonds is 5. The summed E-state index contributed by atoms with van der Waals surface area (Å²) >= 11 is 3.34. The molecule has 2 atom stereocenters. The number of hydrogen-bond acceptors (Lipinski definition) is 5. The highest BCUT2D eigenvalue weighted by atomic mass is 32.2. The first kappa shape index (κ1) is 17.5. The Hall–Kier alpha value is -1.37. The Morgan fingerprint density at radius 2 is 2.29 bits per heavy atom. The van der Waals surface area contributed by atoms with E-state index in [1.807, 2.05) is 31.2 Å². The predicted molar refractivity (Wildman–Crippen MR) is 101 cm³/mol. The molecule has 1 amide bonds. The Kier molecular flexibility index (Phi) is 5.92. The summed E-state index contributed by atoms with van der Waals surface area (Å²) < 4.78 is 0. The van der Waals surface area contributed by atoms with Crippen LogP contribution in [0.25, 0.3) is 0 Å². The molecule has 0 radical (unpaired) electrons. The molecule has 24 heavy (non-hydrogen) atoms. The average molecular weight is 362 g/mol. The zero-order valence-electron chi connectivity index (χ0n) is 14.0. The van der Waals surface area contributed by atoms with Gasteiger partial charge in [0, 0.05) is 28.1 Å². The summed E-state index contributed by atoms with van der Waals surface area (Å²) in [5, 5.41) is 9.79. The number of carbonyl (C=O) groups is 1. The van der Waals surface area contributed by atoms with Crippen LogP contribution >= 0.6 is 23.1 Å². The van der Waals surface area contributed by atoms with Crippen LogP contribution in [0, 0.1) is 6.92 Å². The van der Waals surface area contributed by atoms with E-state index >= 15 is 0 Å². The maximum Gasteiger partial charge on any atom is 0.252 e. The van der Waals surface area contributed by atoms with Gasteiger partial charge in [-0.25, -0.2) is 4.98 Å². The monoisotopic (exact) mass is 361 g/mol. The van der Waals surface area contributed by atoms with Crippen molar-refractivity contribution in [3.05, 3.63) is 45.9 Å². The van der Waals surface area contributed by atoms with Crippen LogP contribution < -0.4 is 10.6 Å². The molecule has 1 saturated heterocycles. The fourth-order valence-electron chi connectivity index (χ4n) is 2.89. The maximum absolute atomic E-state index is 12.7. The molecule has 1 fully saturated rings. The first-order valence-corrected chi connectivity index (χ1v) is 10.2. The Balaban J connectivity index is 1.67. The third-order valence-corrected chi connectivity index (χ3v) is 6.18. The number of aromatic nitrogens is 1. The van der Waals surface area contributed by atoms with Gasteiger partial charge in [-0.05, 0) is 45.4 Å². The van der Waals surface area contributed by atoms with Crippen molar-refractivity contribution in [3.63, 3.8) is 0 Å². The van der Waals surface area contributed by atoms with Crippen LogP contribution in [0.4, 0.5) is 0 Å². The molecule has 1 aliphatic heterocycles. The van der Waals surface area contributed by atoms with Gasteiger partial charge in [-0.15, -0.1) is 23.1 Å². The third-order valence-electron chi connectivity index (χ3n) is 4.25. The minimum Gasteiger partial charge on any atom is -0.348 e. The third kappa shape index (κ3) is 4.37. The molecule has 2 aromatic rings. The molecule has 128 valence electrons. The van der Waals surface area contributed by atoms with Crippen molar-refractivity contribution in [2.24, 2.45) is 0 Å². The molecule has 0 aliphatic carbocycles. The molecule has 4 nitrogen and oxygen atoms in total. The summed E-state index contributed by atoms with van der Waals surface area (Å²) in [7, 11) is 0. The second-order valence-corrected chi connectivity index (χ2v) is 8.19. The quantitative estimate of drug-likeness (QED) is 0.799. The lowest BCUT2D eigenvalue weighted by molar-refractivity contribution is 0.0917. The van der Waals surface area contributed by atoms with E-state index in [1.54, 1.807) is 23.1 Å². The van der Waals surface area contributed by atoms with Gasteiger partial charge in [0.1, 0.15) is 0 Å². The summed E-state index contributed by atoms with van der Waals surface area (Å²) in [6.45, 7) is 5.18. The van der Waals surface area contributed by atoms with Gasteiger partial charge in [0.15, 0.2) is 0 Å². The Morgan fingerprint density at radius 1 is 1.46 bits per heavy atom. The Bertz CT molecular complexity index is 701. The van der Waals surface area contributed by atoms with E-state index in [1.165, 1.54) is 0 Å². The molecule has 6 heteroatoms. The first-order chi connectivity index (χ1) is 11.6. The number of nitrogens with one attached hydrogen (secondary N) is 2. The van der Waals surface area contributed by atoms with E-state index in [0.29, 0.717) is 6.04 Å². The van der Waals surface area contributed by atoms with Crippen LogP contribution in [0.1, 0.15) is 40.8 Å². The number of nitrogens with zero attached hydrogens (tertiary/aromatic N) is 1.